The first-order chi connectivity index (χ1) is 9.30. The molecular weight excluding hydrogens is 264 g/mol. The quantitative estimate of drug-likeness (QED) is 0.435. The lowest BCUT2D eigenvalue weighted by molar-refractivity contribution is 0.210. The predicted molar refractivity (Wildman–Crippen MR) is 76.5 cm³/mol. The van der Waals surface area contributed by atoms with E-state index in [1.807, 2.05) is 6.26 Å². The standard InChI is InChI=1S/C11H18N6OS/c1-18-6-4-13-9-8-7-14-17(5-3-12)10(8)16-11(15-9)19-2/h7H,3-6,12H2,1-2H3,(H,13,15,16). The first-order valence-corrected chi connectivity index (χ1v) is 7.23. The molecule has 0 bridgehead atoms. The van der Waals surface area contributed by atoms with Gasteiger partial charge in [0, 0.05) is 20.2 Å². The highest BCUT2D eigenvalue weighted by molar-refractivity contribution is 7.98. The van der Waals surface area contributed by atoms with E-state index in [1.165, 1.54) is 11.8 Å². The van der Waals surface area contributed by atoms with Gasteiger partial charge in [-0.2, -0.15) is 5.10 Å². The van der Waals surface area contributed by atoms with Crippen LogP contribution in [0.4, 0.5) is 5.82 Å². The van der Waals surface area contributed by atoms with Crippen molar-refractivity contribution >= 4 is 28.6 Å². The number of nitrogens with zero attached hydrogens (tertiary/aromatic N) is 4. The molecule has 0 aliphatic heterocycles. The van der Waals surface area contributed by atoms with Gasteiger partial charge in [0.15, 0.2) is 10.8 Å². The van der Waals surface area contributed by atoms with Crippen LogP contribution >= 0.6 is 11.8 Å². The van der Waals surface area contributed by atoms with E-state index in [4.69, 9.17) is 10.5 Å². The molecule has 7 nitrogen and oxygen atoms in total. The smallest absolute Gasteiger partial charge is 0.191 e. The van der Waals surface area contributed by atoms with Crippen LogP contribution < -0.4 is 11.1 Å². The fourth-order valence-corrected chi connectivity index (χ4v) is 2.08. The van der Waals surface area contributed by atoms with Gasteiger partial charge in [0.25, 0.3) is 0 Å². The van der Waals surface area contributed by atoms with Gasteiger partial charge < -0.3 is 15.8 Å². The third-order valence-corrected chi connectivity index (χ3v) is 3.15. The van der Waals surface area contributed by atoms with Gasteiger partial charge in [0.1, 0.15) is 5.82 Å². The minimum atomic E-state index is 0.530. The maximum atomic E-state index is 5.58. The Kier molecular flexibility index (Phi) is 4.94. The van der Waals surface area contributed by atoms with Crippen LogP contribution in [0.2, 0.25) is 0 Å². The predicted octanol–water partition coefficient (Wildman–Crippen LogP) is 0.565. The number of fused-ring (bicyclic) bond motifs is 1. The molecule has 0 aliphatic carbocycles. The SMILES string of the molecule is COCCNc1nc(SC)nc2c1cnn2CCN. The third kappa shape index (κ3) is 3.14. The average Bonchev–Trinajstić information content (AvgIpc) is 2.83. The number of anilines is 1. The number of aromatic nitrogens is 4. The van der Waals surface area contributed by atoms with Crippen LogP contribution in [0.5, 0.6) is 0 Å². The van der Waals surface area contributed by atoms with Crippen molar-refractivity contribution in [1.82, 2.24) is 19.7 Å². The monoisotopic (exact) mass is 282 g/mol. The molecular formula is C11H18N6OS. The van der Waals surface area contributed by atoms with Gasteiger partial charge in [0.05, 0.1) is 24.7 Å². The molecule has 0 spiro atoms. The summed E-state index contributed by atoms with van der Waals surface area (Å²) >= 11 is 1.50. The molecule has 104 valence electrons. The largest absolute Gasteiger partial charge is 0.383 e. The Morgan fingerprint density at radius 1 is 1.47 bits per heavy atom. The van der Waals surface area contributed by atoms with E-state index < -0.39 is 0 Å². The highest BCUT2D eigenvalue weighted by atomic mass is 32.2. The average molecular weight is 282 g/mol. The number of hydrogen-bond acceptors (Lipinski definition) is 7. The molecule has 3 N–H and O–H groups in total. The lowest BCUT2D eigenvalue weighted by atomic mass is 10.4. The molecule has 2 rings (SSSR count). The van der Waals surface area contributed by atoms with Gasteiger partial charge in [-0.05, 0) is 6.26 Å². The molecule has 2 aromatic heterocycles. The highest BCUT2D eigenvalue weighted by Gasteiger charge is 2.12. The van der Waals surface area contributed by atoms with E-state index in [0.717, 1.165) is 16.9 Å². The number of nitrogens with one attached hydrogen (secondary N) is 1. The summed E-state index contributed by atoms with van der Waals surface area (Å²) in [6.45, 7) is 2.49. The fraction of sp³-hybridized carbons (Fsp3) is 0.545. The molecule has 0 atom stereocenters. The lowest BCUT2D eigenvalue weighted by Crippen LogP contribution is -2.12. The molecule has 0 fully saturated rings. The molecule has 0 saturated carbocycles. The van der Waals surface area contributed by atoms with Crippen molar-refractivity contribution in [1.29, 1.82) is 0 Å². The maximum absolute atomic E-state index is 5.58. The van der Waals surface area contributed by atoms with Crippen molar-refractivity contribution in [3.63, 3.8) is 0 Å². The number of hydrogen-bond donors (Lipinski definition) is 2. The molecule has 0 aliphatic rings. The van der Waals surface area contributed by atoms with Crippen molar-refractivity contribution in [3.8, 4) is 0 Å². The van der Waals surface area contributed by atoms with E-state index in [-0.39, 0.29) is 0 Å². The van der Waals surface area contributed by atoms with Gasteiger partial charge in [-0.1, -0.05) is 11.8 Å². The number of methoxy groups -OCH3 is 1. The summed E-state index contributed by atoms with van der Waals surface area (Å²) in [7, 11) is 1.67. The Hall–Kier alpha value is -1.38. The van der Waals surface area contributed by atoms with Crippen molar-refractivity contribution in [3.05, 3.63) is 6.20 Å². The molecule has 2 aromatic rings. The lowest BCUT2D eigenvalue weighted by Gasteiger charge is -2.08. The molecule has 0 amide bonds. The van der Waals surface area contributed by atoms with E-state index in [2.05, 4.69) is 20.4 Å². The summed E-state index contributed by atoms with van der Waals surface area (Å²) in [6.07, 6.45) is 3.72. The van der Waals surface area contributed by atoms with Crippen molar-refractivity contribution < 1.29 is 4.74 Å². The Morgan fingerprint density at radius 3 is 3.00 bits per heavy atom. The second kappa shape index (κ2) is 6.69. The Bertz CT molecular complexity index is 543. The maximum Gasteiger partial charge on any atom is 0.191 e. The molecule has 0 radical (unpaired) electrons. The summed E-state index contributed by atoms with van der Waals surface area (Å²) < 4.78 is 6.83. The van der Waals surface area contributed by atoms with Crippen molar-refractivity contribution in [2.45, 2.75) is 11.7 Å². The summed E-state index contributed by atoms with van der Waals surface area (Å²) in [5.41, 5.74) is 6.39. The van der Waals surface area contributed by atoms with Crippen molar-refractivity contribution in [2.75, 3.05) is 38.4 Å². The second-order valence-electron chi connectivity index (χ2n) is 3.87. The number of thioether (sulfide) groups is 1. The zero-order valence-electron chi connectivity index (χ0n) is 11.1. The summed E-state index contributed by atoms with van der Waals surface area (Å²) in [5.74, 6) is 0.787. The van der Waals surface area contributed by atoms with E-state index in [1.54, 1.807) is 18.0 Å². The molecule has 0 unspecified atom stereocenters. The first kappa shape index (κ1) is 14.0. The summed E-state index contributed by atoms with van der Waals surface area (Å²) in [6, 6.07) is 0. The minimum Gasteiger partial charge on any atom is -0.383 e. The normalized spacial score (nSPS) is 11.1. The third-order valence-electron chi connectivity index (χ3n) is 2.60. The highest BCUT2D eigenvalue weighted by Crippen LogP contribution is 2.23. The molecule has 19 heavy (non-hydrogen) atoms. The summed E-state index contributed by atoms with van der Waals surface area (Å²) in [5, 5.41) is 9.17. The molecule has 2 heterocycles. The van der Waals surface area contributed by atoms with Crippen LogP contribution in [0.1, 0.15) is 0 Å². The zero-order valence-corrected chi connectivity index (χ0v) is 11.9. The van der Waals surface area contributed by atoms with Crippen LogP contribution in [0.3, 0.4) is 0 Å². The van der Waals surface area contributed by atoms with Crippen LogP contribution in [0, 0.1) is 0 Å². The molecule has 8 heteroatoms. The van der Waals surface area contributed by atoms with Gasteiger partial charge >= 0.3 is 0 Å². The molecule has 0 saturated heterocycles. The van der Waals surface area contributed by atoms with E-state index in [0.29, 0.717) is 31.4 Å². The second-order valence-corrected chi connectivity index (χ2v) is 4.65. The zero-order chi connectivity index (χ0) is 13.7. The Balaban J connectivity index is 2.37. The van der Waals surface area contributed by atoms with Crippen LogP contribution in [-0.4, -0.2) is 52.8 Å². The summed E-state index contributed by atoms with van der Waals surface area (Å²) in [4.78, 5) is 8.95. The minimum absolute atomic E-state index is 0.530. The van der Waals surface area contributed by atoms with Gasteiger partial charge in [0.2, 0.25) is 0 Å². The topological polar surface area (TPSA) is 90.9 Å². The van der Waals surface area contributed by atoms with Crippen LogP contribution in [-0.2, 0) is 11.3 Å². The van der Waals surface area contributed by atoms with Crippen LogP contribution in [0.15, 0.2) is 11.4 Å². The number of nitrogens with two attached hydrogens (primary N) is 1. The van der Waals surface area contributed by atoms with Gasteiger partial charge in [-0.3, -0.25) is 0 Å². The Morgan fingerprint density at radius 2 is 2.32 bits per heavy atom. The van der Waals surface area contributed by atoms with Gasteiger partial charge in [-0.25, -0.2) is 14.6 Å². The van der Waals surface area contributed by atoms with Gasteiger partial charge in [-0.15, -0.1) is 0 Å². The number of ether oxygens (including phenoxy) is 1. The van der Waals surface area contributed by atoms with Crippen molar-refractivity contribution in [2.24, 2.45) is 5.73 Å². The van der Waals surface area contributed by atoms with E-state index in [9.17, 15) is 0 Å². The molecule has 0 aromatic carbocycles. The number of rotatable bonds is 7. The first-order valence-electron chi connectivity index (χ1n) is 6.00. The van der Waals surface area contributed by atoms with Crippen LogP contribution in [0.25, 0.3) is 11.0 Å². The van der Waals surface area contributed by atoms with E-state index >= 15 is 0 Å². The fourth-order valence-electron chi connectivity index (χ4n) is 1.72. The Labute approximate surface area is 115 Å².